The fourth-order valence-electron chi connectivity index (χ4n) is 1.58. The molecule has 0 radical (unpaired) electrons. The van der Waals surface area contributed by atoms with E-state index in [2.05, 4.69) is 0 Å². The number of carbonyl (C=O) groups excluding carboxylic acids is 2. The first-order valence-corrected chi connectivity index (χ1v) is 5.56. The maximum atomic E-state index is 11.7. The molecule has 0 aliphatic carbocycles. The van der Waals surface area contributed by atoms with Gasteiger partial charge in [-0.25, -0.2) is 4.79 Å². The van der Waals surface area contributed by atoms with Crippen molar-refractivity contribution in [2.24, 2.45) is 0 Å². The summed E-state index contributed by atoms with van der Waals surface area (Å²) < 4.78 is 5.16. The minimum Gasteiger partial charge on any atom is -0.457 e. The molecule has 0 saturated carbocycles. The van der Waals surface area contributed by atoms with Crippen molar-refractivity contribution in [1.29, 1.82) is 0 Å². The zero-order chi connectivity index (χ0) is 12.8. The summed E-state index contributed by atoms with van der Waals surface area (Å²) >= 11 is 0. The van der Waals surface area contributed by atoms with Crippen LogP contribution < -0.4 is 0 Å². The van der Waals surface area contributed by atoms with Crippen LogP contribution in [0.5, 0.6) is 0 Å². The smallest absolute Gasteiger partial charge is 0.338 e. The average Bonchev–Trinajstić information content (AvgIpc) is 2.46. The zero-order valence-electron chi connectivity index (χ0n) is 9.71. The highest BCUT2D eigenvalue weighted by atomic mass is 16.5. The van der Waals surface area contributed by atoms with Gasteiger partial charge in [0.25, 0.3) is 0 Å². The van der Waals surface area contributed by atoms with E-state index >= 15 is 0 Å². The van der Waals surface area contributed by atoms with Crippen molar-refractivity contribution in [3.8, 4) is 0 Å². The number of hydrogen-bond acceptors (Lipinski definition) is 3. The summed E-state index contributed by atoms with van der Waals surface area (Å²) in [6.07, 6.45) is 0.756. The number of ether oxygens (including phenoxy) is 1. The number of benzene rings is 2. The van der Waals surface area contributed by atoms with Gasteiger partial charge in [-0.05, 0) is 17.7 Å². The minimum atomic E-state index is -0.392. The highest BCUT2D eigenvalue weighted by molar-refractivity contribution is 5.89. The van der Waals surface area contributed by atoms with Crippen LogP contribution in [0, 0.1) is 0 Å². The van der Waals surface area contributed by atoms with Gasteiger partial charge in [0.2, 0.25) is 0 Å². The van der Waals surface area contributed by atoms with Gasteiger partial charge in [-0.3, -0.25) is 4.79 Å². The van der Waals surface area contributed by atoms with Crippen molar-refractivity contribution in [1.82, 2.24) is 0 Å². The van der Waals surface area contributed by atoms with Gasteiger partial charge >= 0.3 is 5.97 Å². The van der Waals surface area contributed by atoms with E-state index in [4.69, 9.17) is 4.74 Å². The van der Waals surface area contributed by atoms with E-state index in [1.54, 1.807) is 48.5 Å². The van der Waals surface area contributed by atoms with Crippen LogP contribution in [0.4, 0.5) is 0 Å². The summed E-state index contributed by atoms with van der Waals surface area (Å²) in [5, 5.41) is 0. The second-order valence-corrected chi connectivity index (χ2v) is 3.76. The number of carbonyl (C=O) groups is 2. The molecule has 0 aliphatic rings. The van der Waals surface area contributed by atoms with Gasteiger partial charge in [0.1, 0.15) is 12.9 Å². The molecule has 0 unspecified atom stereocenters. The molecule has 0 fully saturated rings. The molecule has 0 aromatic heterocycles. The lowest BCUT2D eigenvalue weighted by atomic mass is 10.1. The van der Waals surface area contributed by atoms with Crippen molar-refractivity contribution in [3.63, 3.8) is 0 Å². The summed E-state index contributed by atoms with van der Waals surface area (Å²) in [5.74, 6) is -0.392. The van der Waals surface area contributed by atoms with E-state index in [0.717, 1.165) is 6.29 Å². The SMILES string of the molecule is O=Cc1ccccc1COC(=O)c1ccccc1. The van der Waals surface area contributed by atoms with Crippen molar-refractivity contribution >= 4 is 12.3 Å². The zero-order valence-corrected chi connectivity index (χ0v) is 9.71. The van der Waals surface area contributed by atoms with E-state index in [1.165, 1.54) is 0 Å². The molecule has 0 amide bonds. The molecular formula is C15H12O3. The Bertz CT molecular complexity index is 547. The lowest BCUT2D eigenvalue weighted by Crippen LogP contribution is -2.06. The van der Waals surface area contributed by atoms with Crippen molar-refractivity contribution in [2.75, 3.05) is 0 Å². The van der Waals surface area contributed by atoms with E-state index < -0.39 is 5.97 Å². The van der Waals surface area contributed by atoms with Crippen LogP contribution in [0.3, 0.4) is 0 Å². The van der Waals surface area contributed by atoms with Gasteiger partial charge in [-0.15, -0.1) is 0 Å². The number of hydrogen-bond donors (Lipinski definition) is 0. The third kappa shape index (κ3) is 2.83. The molecule has 0 atom stereocenters. The molecule has 0 N–H and O–H groups in total. The molecule has 3 nitrogen and oxygen atoms in total. The van der Waals surface area contributed by atoms with Gasteiger partial charge in [-0.2, -0.15) is 0 Å². The van der Waals surface area contributed by atoms with Gasteiger partial charge < -0.3 is 4.74 Å². The van der Waals surface area contributed by atoms with Crippen LogP contribution in [0.15, 0.2) is 54.6 Å². The quantitative estimate of drug-likeness (QED) is 0.609. The van der Waals surface area contributed by atoms with Crippen LogP contribution in [-0.4, -0.2) is 12.3 Å². The number of rotatable bonds is 4. The lowest BCUT2D eigenvalue weighted by Gasteiger charge is -2.06. The van der Waals surface area contributed by atoms with Crippen LogP contribution in [0.2, 0.25) is 0 Å². The topological polar surface area (TPSA) is 43.4 Å². The molecule has 0 spiro atoms. The predicted octanol–water partition coefficient (Wildman–Crippen LogP) is 2.86. The molecule has 2 rings (SSSR count). The first kappa shape index (κ1) is 12.0. The lowest BCUT2D eigenvalue weighted by molar-refractivity contribution is 0.0471. The number of aldehydes is 1. The number of esters is 1. The standard InChI is InChI=1S/C15H12O3/c16-10-13-8-4-5-9-14(13)11-18-15(17)12-6-2-1-3-7-12/h1-10H,11H2. The first-order chi connectivity index (χ1) is 8.81. The molecule has 0 saturated heterocycles. The largest absolute Gasteiger partial charge is 0.457 e. The van der Waals surface area contributed by atoms with E-state index in [9.17, 15) is 9.59 Å². The van der Waals surface area contributed by atoms with Crippen molar-refractivity contribution in [2.45, 2.75) is 6.61 Å². The predicted molar refractivity (Wildman–Crippen MR) is 67.4 cm³/mol. The van der Waals surface area contributed by atoms with Crippen LogP contribution >= 0.6 is 0 Å². The monoisotopic (exact) mass is 240 g/mol. The highest BCUT2D eigenvalue weighted by Gasteiger charge is 2.07. The average molecular weight is 240 g/mol. The second-order valence-electron chi connectivity index (χ2n) is 3.76. The molecule has 0 aliphatic heterocycles. The van der Waals surface area contributed by atoms with Gasteiger partial charge in [0.15, 0.2) is 0 Å². The molecule has 18 heavy (non-hydrogen) atoms. The summed E-state index contributed by atoms with van der Waals surface area (Å²) in [6.45, 7) is 0.0998. The van der Waals surface area contributed by atoms with Gasteiger partial charge in [0, 0.05) is 5.56 Å². The van der Waals surface area contributed by atoms with Gasteiger partial charge in [0.05, 0.1) is 5.56 Å². The van der Waals surface area contributed by atoms with Gasteiger partial charge in [-0.1, -0.05) is 42.5 Å². The van der Waals surface area contributed by atoms with Crippen LogP contribution in [0.25, 0.3) is 0 Å². The Hall–Kier alpha value is -2.42. The molecule has 0 heterocycles. The Balaban J connectivity index is 2.04. The minimum absolute atomic E-state index is 0.0998. The maximum Gasteiger partial charge on any atom is 0.338 e. The maximum absolute atomic E-state index is 11.7. The highest BCUT2D eigenvalue weighted by Crippen LogP contribution is 2.09. The molecule has 0 bridgehead atoms. The van der Waals surface area contributed by atoms with E-state index in [1.807, 2.05) is 6.07 Å². The third-order valence-electron chi connectivity index (χ3n) is 2.55. The Labute approximate surface area is 105 Å². The van der Waals surface area contributed by atoms with Crippen molar-refractivity contribution in [3.05, 3.63) is 71.3 Å². The summed E-state index contributed by atoms with van der Waals surface area (Å²) in [4.78, 5) is 22.5. The first-order valence-electron chi connectivity index (χ1n) is 5.56. The Morgan fingerprint density at radius 3 is 2.39 bits per heavy atom. The Morgan fingerprint density at radius 2 is 1.67 bits per heavy atom. The molecular weight excluding hydrogens is 228 g/mol. The molecule has 90 valence electrons. The van der Waals surface area contributed by atoms with E-state index in [0.29, 0.717) is 16.7 Å². The molecule has 2 aromatic carbocycles. The second kappa shape index (κ2) is 5.77. The fraction of sp³-hybridized carbons (Fsp3) is 0.0667. The summed E-state index contributed by atoms with van der Waals surface area (Å²) in [6, 6.07) is 15.8. The van der Waals surface area contributed by atoms with Crippen LogP contribution in [-0.2, 0) is 11.3 Å². The molecule has 2 aromatic rings. The Morgan fingerprint density at radius 1 is 1.00 bits per heavy atom. The molecule has 3 heteroatoms. The van der Waals surface area contributed by atoms with E-state index in [-0.39, 0.29) is 6.61 Å². The third-order valence-corrected chi connectivity index (χ3v) is 2.55. The van der Waals surface area contributed by atoms with Crippen LogP contribution in [0.1, 0.15) is 26.3 Å². The fourth-order valence-corrected chi connectivity index (χ4v) is 1.58. The normalized spacial score (nSPS) is 9.78. The summed E-state index contributed by atoms with van der Waals surface area (Å²) in [7, 11) is 0. The van der Waals surface area contributed by atoms with Crippen molar-refractivity contribution < 1.29 is 14.3 Å². The Kier molecular flexibility index (Phi) is 3.86. The summed E-state index contributed by atoms with van der Waals surface area (Å²) in [5.41, 5.74) is 1.75.